The van der Waals surface area contributed by atoms with Crippen molar-refractivity contribution in [3.05, 3.63) is 36.3 Å². The number of hydrogen-bond acceptors (Lipinski definition) is 10. The zero-order chi connectivity index (χ0) is 24.8. The monoisotopic (exact) mass is 503 g/mol. The van der Waals surface area contributed by atoms with E-state index in [1.165, 1.54) is 22.6 Å². The lowest BCUT2D eigenvalue weighted by molar-refractivity contribution is -0.0185. The molecule has 3 aliphatic heterocycles. The molecule has 0 aliphatic carbocycles. The number of fused-ring (bicyclic) bond motifs is 2. The topological polar surface area (TPSA) is 138 Å². The van der Waals surface area contributed by atoms with Gasteiger partial charge >= 0.3 is 0 Å². The highest BCUT2D eigenvalue weighted by atomic mass is 32.2. The molecule has 5 heterocycles. The molecule has 2 bridgehead atoms. The molecule has 0 saturated carbocycles. The largest absolute Gasteiger partial charge is 0.386 e. The van der Waals surface area contributed by atoms with E-state index in [4.69, 9.17) is 10.5 Å². The third-order valence-corrected chi connectivity index (χ3v) is 9.11. The minimum Gasteiger partial charge on any atom is -0.386 e. The molecular weight excluding hydrogens is 470 g/mol. The van der Waals surface area contributed by atoms with Crippen LogP contribution in [0.15, 0.2) is 35.6 Å². The highest BCUT2D eigenvalue weighted by Crippen LogP contribution is 2.31. The summed E-state index contributed by atoms with van der Waals surface area (Å²) in [5.74, 6) is 0.816. The standard InChI is InChI=1S/C23H33N7O4S/c1-23(2,31)16-9-26-22(27-10-16)29-8-7-28(35(32,33)20-5-6-21(24)25-11-20)12-19(29)13-30-17-3-4-18(30)15-34-14-17/h5-6,9-11,17-19,31H,3-4,7-8,12-15H2,1-2H3,(H2,24,25)/t17?,18?,19-/m1/s1. The number of pyridine rings is 1. The molecule has 2 aromatic heterocycles. The van der Waals surface area contributed by atoms with Gasteiger partial charge in [-0.15, -0.1) is 0 Å². The Kier molecular flexibility index (Phi) is 6.43. The second-order valence-corrected chi connectivity index (χ2v) is 12.0. The van der Waals surface area contributed by atoms with Crippen LogP contribution in [0.4, 0.5) is 11.8 Å². The molecule has 3 fully saturated rings. The number of ether oxygens (including phenoxy) is 1. The van der Waals surface area contributed by atoms with E-state index in [1.54, 1.807) is 26.2 Å². The smallest absolute Gasteiger partial charge is 0.244 e. The summed E-state index contributed by atoms with van der Waals surface area (Å²) in [6, 6.07) is 3.56. The highest BCUT2D eigenvalue weighted by molar-refractivity contribution is 7.89. The number of nitrogens with zero attached hydrogens (tertiary/aromatic N) is 6. The van der Waals surface area contributed by atoms with Crippen molar-refractivity contribution >= 4 is 21.8 Å². The molecule has 0 radical (unpaired) electrons. The first-order valence-corrected chi connectivity index (χ1v) is 13.4. The summed E-state index contributed by atoms with van der Waals surface area (Å²) in [4.78, 5) is 17.7. The molecule has 3 saturated heterocycles. The fraction of sp³-hybridized carbons (Fsp3) is 0.609. The number of nitrogen functional groups attached to an aromatic ring is 1. The second-order valence-electron chi connectivity index (χ2n) is 10.1. The Bertz CT molecular complexity index is 1120. The van der Waals surface area contributed by atoms with Crippen molar-refractivity contribution in [2.75, 3.05) is 50.0 Å². The van der Waals surface area contributed by atoms with Crippen molar-refractivity contribution in [3.8, 4) is 0 Å². The van der Waals surface area contributed by atoms with E-state index in [0.717, 1.165) is 12.8 Å². The first-order valence-electron chi connectivity index (χ1n) is 12.0. The van der Waals surface area contributed by atoms with Crippen LogP contribution >= 0.6 is 0 Å². The van der Waals surface area contributed by atoms with Crippen LogP contribution in [-0.4, -0.2) is 95.2 Å². The van der Waals surface area contributed by atoms with E-state index in [2.05, 4.69) is 24.8 Å². The average Bonchev–Trinajstić information content (AvgIpc) is 3.04. The molecule has 5 rings (SSSR count). The van der Waals surface area contributed by atoms with Gasteiger partial charge in [-0.3, -0.25) is 4.90 Å². The zero-order valence-electron chi connectivity index (χ0n) is 20.1. The maximum atomic E-state index is 13.4. The maximum Gasteiger partial charge on any atom is 0.244 e. The highest BCUT2D eigenvalue weighted by Gasteiger charge is 2.42. The Balaban J connectivity index is 1.42. The van der Waals surface area contributed by atoms with Gasteiger partial charge in [0.1, 0.15) is 10.7 Å². The van der Waals surface area contributed by atoms with Crippen molar-refractivity contribution in [2.45, 2.75) is 55.3 Å². The molecule has 0 amide bonds. The lowest BCUT2D eigenvalue weighted by Gasteiger charge is -2.45. The molecule has 2 unspecified atom stereocenters. The Morgan fingerprint density at radius 1 is 1.09 bits per heavy atom. The van der Waals surface area contributed by atoms with Gasteiger partial charge in [0.15, 0.2) is 0 Å². The van der Waals surface area contributed by atoms with Crippen molar-refractivity contribution in [2.24, 2.45) is 0 Å². The van der Waals surface area contributed by atoms with E-state index in [1.807, 2.05) is 0 Å². The molecule has 3 N–H and O–H groups in total. The van der Waals surface area contributed by atoms with Crippen molar-refractivity contribution < 1.29 is 18.3 Å². The fourth-order valence-electron chi connectivity index (χ4n) is 5.20. The van der Waals surface area contributed by atoms with Gasteiger partial charge in [0.2, 0.25) is 16.0 Å². The quantitative estimate of drug-likeness (QED) is 0.570. The zero-order valence-corrected chi connectivity index (χ0v) is 20.9. The molecule has 11 nitrogen and oxygen atoms in total. The van der Waals surface area contributed by atoms with Gasteiger partial charge in [-0.2, -0.15) is 4.31 Å². The molecule has 3 aliphatic rings. The van der Waals surface area contributed by atoms with Crippen LogP contribution in [0.5, 0.6) is 0 Å². The first-order chi connectivity index (χ1) is 16.6. The second kappa shape index (κ2) is 9.25. The minimum atomic E-state index is -3.72. The predicted octanol–water partition coefficient (Wildman–Crippen LogP) is 0.424. The van der Waals surface area contributed by atoms with Crippen LogP contribution < -0.4 is 10.6 Å². The summed E-state index contributed by atoms with van der Waals surface area (Å²) >= 11 is 0. The SMILES string of the molecule is CC(C)(O)c1cnc(N2CCN(S(=O)(=O)c3ccc(N)nc3)C[C@@H]2CN2C3CCC2COC3)nc1. The molecule has 0 spiro atoms. The van der Waals surface area contributed by atoms with Crippen LogP contribution in [-0.2, 0) is 20.4 Å². The number of hydrogen-bond donors (Lipinski definition) is 2. The Morgan fingerprint density at radius 3 is 2.37 bits per heavy atom. The van der Waals surface area contributed by atoms with Gasteiger partial charge in [0.25, 0.3) is 0 Å². The van der Waals surface area contributed by atoms with Crippen LogP contribution in [0.2, 0.25) is 0 Å². The van der Waals surface area contributed by atoms with E-state index in [0.29, 0.717) is 63.0 Å². The van der Waals surface area contributed by atoms with Gasteiger partial charge in [-0.1, -0.05) is 0 Å². The molecule has 2 aromatic rings. The van der Waals surface area contributed by atoms with Gasteiger partial charge < -0.3 is 20.5 Å². The molecule has 3 atom stereocenters. The third kappa shape index (κ3) is 4.85. The number of piperazine rings is 1. The molecule has 12 heteroatoms. The van der Waals surface area contributed by atoms with Crippen LogP contribution in [0.25, 0.3) is 0 Å². The summed E-state index contributed by atoms with van der Waals surface area (Å²) in [6.45, 7) is 6.55. The maximum absolute atomic E-state index is 13.4. The number of morpholine rings is 1. The summed E-state index contributed by atoms with van der Waals surface area (Å²) in [5, 5.41) is 10.3. The van der Waals surface area contributed by atoms with Crippen molar-refractivity contribution in [1.82, 2.24) is 24.2 Å². The Hall–Kier alpha value is -2.38. The summed E-state index contributed by atoms with van der Waals surface area (Å²) in [6.07, 6.45) is 6.77. The van der Waals surface area contributed by atoms with Crippen LogP contribution in [0.1, 0.15) is 32.3 Å². The lowest BCUT2D eigenvalue weighted by Crippen LogP contribution is -2.61. The number of nitrogens with two attached hydrogens (primary N) is 1. The molecule has 0 aromatic carbocycles. The van der Waals surface area contributed by atoms with E-state index in [9.17, 15) is 13.5 Å². The number of rotatable bonds is 6. The van der Waals surface area contributed by atoms with Gasteiger partial charge in [0, 0.05) is 62.4 Å². The first kappa shape index (κ1) is 24.3. The summed E-state index contributed by atoms with van der Waals surface area (Å²) in [7, 11) is -3.72. The van der Waals surface area contributed by atoms with Gasteiger partial charge in [-0.05, 0) is 38.8 Å². The van der Waals surface area contributed by atoms with E-state index in [-0.39, 0.29) is 16.8 Å². The normalized spacial score (nSPS) is 26.3. The number of aromatic nitrogens is 3. The minimum absolute atomic E-state index is 0.135. The van der Waals surface area contributed by atoms with Crippen LogP contribution in [0, 0.1) is 0 Å². The predicted molar refractivity (Wildman–Crippen MR) is 130 cm³/mol. The van der Waals surface area contributed by atoms with Crippen molar-refractivity contribution in [1.29, 1.82) is 0 Å². The van der Waals surface area contributed by atoms with Gasteiger partial charge in [-0.25, -0.2) is 23.4 Å². The van der Waals surface area contributed by atoms with Crippen molar-refractivity contribution in [3.63, 3.8) is 0 Å². The average molecular weight is 504 g/mol. The third-order valence-electron chi connectivity index (χ3n) is 7.26. The Morgan fingerprint density at radius 2 is 1.77 bits per heavy atom. The summed E-state index contributed by atoms with van der Waals surface area (Å²) < 4.78 is 34.1. The molecule has 35 heavy (non-hydrogen) atoms. The summed E-state index contributed by atoms with van der Waals surface area (Å²) in [5.41, 5.74) is 5.24. The lowest BCUT2D eigenvalue weighted by atomic mass is 10.0. The van der Waals surface area contributed by atoms with E-state index < -0.39 is 15.6 Å². The van der Waals surface area contributed by atoms with Crippen LogP contribution in [0.3, 0.4) is 0 Å². The number of anilines is 2. The van der Waals surface area contributed by atoms with E-state index >= 15 is 0 Å². The van der Waals surface area contributed by atoms with Gasteiger partial charge in [0.05, 0.1) is 24.9 Å². The Labute approximate surface area is 206 Å². The molecular formula is C23H33N7O4S. The molecule has 190 valence electrons. The fourth-order valence-corrected chi connectivity index (χ4v) is 6.61. The number of aliphatic hydroxyl groups is 1. The number of sulfonamides is 1.